The predicted molar refractivity (Wildman–Crippen MR) is 99.6 cm³/mol. The van der Waals surface area contributed by atoms with Crippen LogP contribution >= 0.6 is 18.2 Å². The Morgan fingerprint density at radius 1 is 1.08 bits per heavy atom. The molecule has 0 heterocycles. The fraction of sp³-hybridized carbons (Fsp3) is 0.333. The third kappa shape index (κ3) is 4.87. The van der Waals surface area contributed by atoms with Gasteiger partial charge in [-0.05, 0) is 43.8 Å². The van der Waals surface area contributed by atoms with Gasteiger partial charge in [0.1, 0.15) is 5.75 Å². The fourth-order valence-corrected chi connectivity index (χ4v) is 6.50. The summed E-state index contributed by atoms with van der Waals surface area (Å²) in [6.07, 6.45) is 0. The molecule has 0 amide bonds. The summed E-state index contributed by atoms with van der Waals surface area (Å²) in [5, 5.41) is 9.99. The highest BCUT2D eigenvalue weighted by Gasteiger charge is 2.32. The molecule has 0 radical (unpaired) electrons. The Kier molecular flexibility index (Phi) is 6.93. The first-order valence-corrected chi connectivity index (χ1v) is 10.9. The van der Waals surface area contributed by atoms with E-state index < -0.39 is 6.80 Å². The maximum Gasteiger partial charge on any atom is 0.390 e. The van der Waals surface area contributed by atoms with Crippen LogP contribution in [0.25, 0.3) is 0 Å². The highest BCUT2D eigenvalue weighted by Crippen LogP contribution is 2.67. The van der Waals surface area contributed by atoms with Crippen molar-refractivity contribution in [1.29, 1.82) is 0 Å². The van der Waals surface area contributed by atoms with Crippen LogP contribution in [-0.2, 0) is 13.6 Å². The van der Waals surface area contributed by atoms with Crippen LogP contribution in [-0.4, -0.2) is 18.3 Å². The minimum absolute atomic E-state index is 0.168. The highest BCUT2D eigenvalue weighted by molar-refractivity contribution is 8.55. The van der Waals surface area contributed by atoms with Gasteiger partial charge in [0.25, 0.3) is 0 Å². The second-order valence-electron chi connectivity index (χ2n) is 5.24. The molecule has 1 atom stereocenters. The van der Waals surface area contributed by atoms with Crippen molar-refractivity contribution in [2.45, 2.75) is 26.0 Å². The first kappa shape index (κ1) is 19.1. The summed E-state index contributed by atoms with van der Waals surface area (Å²) in [5.41, 5.74) is 2.65. The topological polar surface area (TPSA) is 55.8 Å². The average Bonchev–Trinajstić information content (AvgIpc) is 2.56. The van der Waals surface area contributed by atoms with Gasteiger partial charge in [-0.25, -0.2) is 4.57 Å². The van der Waals surface area contributed by atoms with Crippen molar-refractivity contribution in [2.75, 3.05) is 13.2 Å². The molecule has 0 aliphatic rings. The van der Waals surface area contributed by atoms with Crippen molar-refractivity contribution < 1.29 is 18.7 Å². The molecule has 1 N–H and O–H groups in total. The van der Waals surface area contributed by atoms with Crippen LogP contribution in [0.4, 0.5) is 0 Å². The largest absolute Gasteiger partial charge is 0.508 e. The maximum absolute atomic E-state index is 13.0. The molecule has 2 aromatic rings. The number of rotatable bonds is 8. The van der Waals surface area contributed by atoms with Crippen LogP contribution in [0, 0.1) is 6.92 Å². The van der Waals surface area contributed by atoms with Gasteiger partial charge in [-0.3, -0.25) is 0 Å². The van der Waals surface area contributed by atoms with Crippen molar-refractivity contribution >= 4 is 18.2 Å². The van der Waals surface area contributed by atoms with E-state index >= 15 is 0 Å². The summed E-state index contributed by atoms with van der Waals surface area (Å²) in [4.78, 5) is 0. The van der Waals surface area contributed by atoms with Gasteiger partial charge in [-0.2, -0.15) is 0 Å². The van der Waals surface area contributed by atoms with Crippen molar-refractivity contribution in [1.82, 2.24) is 0 Å². The molecule has 0 aromatic heterocycles. The average molecular weight is 366 g/mol. The number of hydrogen-bond donors (Lipinski definition) is 1. The van der Waals surface area contributed by atoms with Crippen LogP contribution in [0.2, 0.25) is 0 Å². The van der Waals surface area contributed by atoms with Gasteiger partial charge in [-0.15, -0.1) is 0 Å². The normalized spacial score (nSPS) is 13.0. The number of aryl methyl sites for hydroxylation is 1. The van der Waals surface area contributed by atoms with E-state index in [1.54, 1.807) is 19.9 Å². The van der Waals surface area contributed by atoms with E-state index in [2.05, 4.69) is 0 Å². The molecular formula is C18H23O4PS. The molecule has 6 heteroatoms. The van der Waals surface area contributed by atoms with Crippen molar-refractivity contribution in [3.8, 4) is 5.75 Å². The van der Waals surface area contributed by atoms with Crippen LogP contribution in [0.1, 0.15) is 35.8 Å². The maximum atomic E-state index is 13.0. The zero-order valence-electron chi connectivity index (χ0n) is 14.1. The molecule has 2 rings (SSSR count). The third-order valence-corrected chi connectivity index (χ3v) is 7.56. The number of phenolic OH excluding ortho intramolecular Hbond substituents is 1. The lowest BCUT2D eigenvalue weighted by molar-refractivity contribution is 0.236. The lowest BCUT2D eigenvalue weighted by Crippen LogP contribution is -2.01. The van der Waals surface area contributed by atoms with Gasteiger partial charge < -0.3 is 14.2 Å². The first-order valence-electron chi connectivity index (χ1n) is 7.91. The van der Waals surface area contributed by atoms with Crippen molar-refractivity contribution in [3.63, 3.8) is 0 Å². The number of hydrogen-bond acceptors (Lipinski definition) is 5. The molecule has 130 valence electrons. The summed E-state index contributed by atoms with van der Waals surface area (Å²) in [5.74, 6) is 0.168. The predicted octanol–water partition coefficient (Wildman–Crippen LogP) is 5.70. The molecule has 4 nitrogen and oxygen atoms in total. The zero-order valence-corrected chi connectivity index (χ0v) is 15.8. The number of phenols is 1. The van der Waals surface area contributed by atoms with Gasteiger partial charge in [0.15, 0.2) is 0 Å². The first-order chi connectivity index (χ1) is 11.5. The van der Waals surface area contributed by atoms with Crippen molar-refractivity contribution in [2.24, 2.45) is 0 Å². The minimum Gasteiger partial charge on any atom is -0.508 e. The molecule has 2 aromatic carbocycles. The van der Waals surface area contributed by atoms with Gasteiger partial charge in [0.05, 0.1) is 18.5 Å². The SMILES string of the molecule is CCOP(=O)(OCC)SC(c1ccccc1)c1cc(C)ccc1O. The molecule has 0 saturated heterocycles. The molecule has 0 aliphatic heterocycles. The van der Waals surface area contributed by atoms with Crippen LogP contribution in [0.15, 0.2) is 48.5 Å². The molecule has 24 heavy (non-hydrogen) atoms. The monoisotopic (exact) mass is 366 g/mol. The Hall–Kier alpha value is -1.26. The summed E-state index contributed by atoms with van der Waals surface area (Å²) < 4.78 is 23.9. The summed E-state index contributed by atoms with van der Waals surface area (Å²) in [6.45, 7) is 2.79. The molecule has 1 unspecified atom stereocenters. The Morgan fingerprint density at radius 3 is 2.29 bits per heavy atom. The van der Waals surface area contributed by atoms with Gasteiger partial charge in [-0.1, -0.05) is 48.0 Å². The van der Waals surface area contributed by atoms with E-state index in [1.165, 1.54) is 0 Å². The molecule has 0 aliphatic carbocycles. The molecule has 0 saturated carbocycles. The van der Waals surface area contributed by atoms with E-state index in [1.807, 2.05) is 49.4 Å². The summed E-state index contributed by atoms with van der Waals surface area (Å²) in [7, 11) is 0. The van der Waals surface area contributed by atoms with Crippen LogP contribution in [0.3, 0.4) is 0 Å². The quantitative estimate of drug-likeness (QED) is 0.607. The van der Waals surface area contributed by atoms with Crippen LogP contribution in [0.5, 0.6) is 5.75 Å². The fourth-order valence-electron chi connectivity index (χ4n) is 2.35. The van der Waals surface area contributed by atoms with Crippen LogP contribution < -0.4 is 0 Å². The smallest absolute Gasteiger partial charge is 0.390 e. The summed E-state index contributed by atoms with van der Waals surface area (Å²) >= 11 is 1.12. The van der Waals surface area contributed by atoms with E-state index in [-0.39, 0.29) is 11.0 Å². The Labute approximate surface area is 147 Å². The summed E-state index contributed by atoms with van der Waals surface area (Å²) in [6, 6.07) is 15.1. The Morgan fingerprint density at radius 2 is 1.71 bits per heavy atom. The number of benzene rings is 2. The van der Waals surface area contributed by atoms with Gasteiger partial charge >= 0.3 is 6.80 Å². The lowest BCUT2D eigenvalue weighted by atomic mass is 10.0. The standard InChI is InChI=1S/C18H23O4PS/c1-4-21-23(20,22-5-2)24-18(15-9-7-6-8-10-15)16-13-14(3)11-12-17(16)19/h6-13,18-19H,4-5H2,1-3H3. The van der Waals surface area contributed by atoms with Gasteiger partial charge in [0, 0.05) is 5.56 Å². The highest BCUT2D eigenvalue weighted by atomic mass is 32.7. The van der Waals surface area contributed by atoms with E-state index in [4.69, 9.17) is 9.05 Å². The molecule has 0 fully saturated rings. The third-order valence-electron chi connectivity index (χ3n) is 3.38. The molecule has 0 bridgehead atoms. The molecule has 0 spiro atoms. The zero-order chi connectivity index (χ0) is 17.6. The second-order valence-corrected chi connectivity index (χ2v) is 9.31. The minimum atomic E-state index is -3.34. The van der Waals surface area contributed by atoms with Gasteiger partial charge in [0.2, 0.25) is 0 Å². The van der Waals surface area contributed by atoms with E-state index in [0.717, 1.165) is 22.5 Å². The Bertz CT molecular complexity index is 695. The van der Waals surface area contributed by atoms with E-state index in [9.17, 15) is 9.67 Å². The molecular weight excluding hydrogens is 343 g/mol. The number of aromatic hydroxyl groups is 1. The Balaban J connectivity index is 2.48. The second kappa shape index (κ2) is 8.72. The van der Waals surface area contributed by atoms with E-state index in [0.29, 0.717) is 18.8 Å². The lowest BCUT2D eigenvalue weighted by Gasteiger charge is -2.24. The van der Waals surface area contributed by atoms with Crippen molar-refractivity contribution in [3.05, 3.63) is 65.2 Å².